The van der Waals surface area contributed by atoms with Crippen LogP contribution in [0.3, 0.4) is 0 Å². The van der Waals surface area contributed by atoms with E-state index >= 15 is 0 Å². The maximum absolute atomic E-state index is 13.5. The maximum atomic E-state index is 13.5. The zero-order valence-corrected chi connectivity index (χ0v) is 20.2. The molecule has 2 N–H and O–H groups in total. The summed E-state index contributed by atoms with van der Waals surface area (Å²) in [5, 5.41) is 15.2. The van der Waals surface area contributed by atoms with Crippen LogP contribution in [0.5, 0.6) is 0 Å². The first-order valence-corrected chi connectivity index (χ1v) is 12.4. The molecule has 1 aromatic carbocycles. The monoisotopic (exact) mass is 477 g/mol. The summed E-state index contributed by atoms with van der Waals surface area (Å²) in [5.74, 6) is -0.320. The molecule has 10 nitrogen and oxygen atoms in total. The lowest BCUT2D eigenvalue weighted by Gasteiger charge is -2.29. The minimum Gasteiger partial charge on any atom is -0.462 e. The Bertz CT molecular complexity index is 1280. The van der Waals surface area contributed by atoms with Crippen LogP contribution in [0.25, 0.3) is 11.2 Å². The highest BCUT2D eigenvalue weighted by molar-refractivity contribution is 5.95. The molecule has 2 aliphatic rings. The van der Waals surface area contributed by atoms with Crippen LogP contribution in [-0.2, 0) is 4.74 Å². The molecule has 1 saturated carbocycles. The number of piperazine rings is 1. The molecule has 0 spiro atoms. The van der Waals surface area contributed by atoms with Gasteiger partial charge in [-0.05, 0) is 51.0 Å². The number of aryl methyl sites for hydroxylation is 1. The summed E-state index contributed by atoms with van der Waals surface area (Å²) in [6.45, 7) is 7.55. The average Bonchev–Trinajstić information content (AvgIpc) is 3.40. The Balaban J connectivity index is 1.51. The predicted octanol–water partition coefficient (Wildman–Crippen LogP) is 2.94. The molecule has 0 radical (unpaired) electrons. The number of nitrogens with one attached hydrogen (secondary N) is 2. The average molecular weight is 478 g/mol. The molecule has 0 atom stereocenters. The van der Waals surface area contributed by atoms with E-state index in [4.69, 9.17) is 9.72 Å². The number of carbonyl (C=O) groups excluding carboxylic acids is 1. The molecule has 35 heavy (non-hydrogen) atoms. The van der Waals surface area contributed by atoms with Crippen molar-refractivity contribution < 1.29 is 9.53 Å². The van der Waals surface area contributed by atoms with Crippen molar-refractivity contribution in [2.75, 3.05) is 43.0 Å². The number of ether oxygens (including phenoxy) is 1. The number of anilines is 3. The zero-order chi connectivity index (χ0) is 24.4. The molecule has 10 heteroatoms. The Morgan fingerprint density at radius 1 is 1.14 bits per heavy atom. The van der Waals surface area contributed by atoms with Crippen LogP contribution in [0.1, 0.15) is 54.6 Å². The Hall–Kier alpha value is -3.53. The van der Waals surface area contributed by atoms with Crippen molar-refractivity contribution in [3.05, 3.63) is 45.7 Å². The van der Waals surface area contributed by atoms with Gasteiger partial charge in [0.05, 0.1) is 6.61 Å². The van der Waals surface area contributed by atoms with E-state index in [-0.39, 0.29) is 23.8 Å². The lowest BCUT2D eigenvalue weighted by Crippen LogP contribution is -2.43. The highest BCUT2D eigenvalue weighted by atomic mass is 16.5. The quantitative estimate of drug-likeness (QED) is 0.517. The van der Waals surface area contributed by atoms with Gasteiger partial charge in [-0.3, -0.25) is 9.36 Å². The van der Waals surface area contributed by atoms with E-state index in [1.807, 2.05) is 12.1 Å². The molecule has 1 saturated heterocycles. The summed E-state index contributed by atoms with van der Waals surface area (Å²) < 4.78 is 6.81. The van der Waals surface area contributed by atoms with Gasteiger partial charge in [-0.15, -0.1) is 10.2 Å². The zero-order valence-electron chi connectivity index (χ0n) is 20.2. The van der Waals surface area contributed by atoms with Crippen LogP contribution in [0.4, 0.5) is 17.3 Å². The SMILES string of the molecule is CCOC(=O)c1c(C)c2nnc(Nc3ccc(N4CCNCC4)cc3)nc2n(C2CCCC2)c1=O. The van der Waals surface area contributed by atoms with E-state index in [1.165, 1.54) is 5.69 Å². The number of nitrogens with zero attached hydrogens (tertiary/aromatic N) is 5. The first-order chi connectivity index (χ1) is 17.1. The molecule has 5 rings (SSSR count). The second-order valence-corrected chi connectivity index (χ2v) is 9.05. The van der Waals surface area contributed by atoms with Crippen LogP contribution in [0.15, 0.2) is 29.1 Å². The van der Waals surface area contributed by atoms with Crippen molar-refractivity contribution in [2.24, 2.45) is 0 Å². The summed E-state index contributed by atoms with van der Waals surface area (Å²) in [4.78, 5) is 33.2. The lowest BCUT2D eigenvalue weighted by atomic mass is 10.1. The van der Waals surface area contributed by atoms with E-state index < -0.39 is 5.97 Å². The van der Waals surface area contributed by atoms with Crippen molar-refractivity contribution in [3.8, 4) is 0 Å². The number of esters is 1. The van der Waals surface area contributed by atoms with Gasteiger partial charge < -0.3 is 20.3 Å². The van der Waals surface area contributed by atoms with Crippen LogP contribution in [-0.4, -0.2) is 58.5 Å². The van der Waals surface area contributed by atoms with Gasteiger partial charge in [-0.2, -0.15) is 4.98 Å². The molecular formula is C25H31N7O3. The molecule has 3 aromatic rings. The highest BCUT2D eigenvalue weighted by Gasteiger charge is 2.28. The number of benzene rings is 1. The first kappa shape index (κ1) is 23.2. The topological polar surface area (TPSA) is 114 Å². The Morgan fingerprint density at radius 3 is 2.54 bits per heavy atom. The van der Waals surface area contributed by atoms with Crippen molar-refractivity contribution in [2.45, 2.75) is 45.6 Å². The van der Waals surface area contributed by atoms with E-state index in [9.17, 15) is 9.59 Å². The molecule has 184 valence electrons. The summed E-state index contributed by atoms with van der Waals surface area (Å²) in [7, 11) is 0. The van der Waals surface area contributed by atoms with Crippen molar-refractivity contribution in [1.29, 1.82) is 0 Å². The number of fused-ring (bicyclic) bond motifs is 1. The second kappa shape index (κ2) is 9.99. The molecule has 1 aliphatic carbocycles. The first-order valence-electron chi connectivity index (χ1n) is 12.4. The molecule has 0 bridgehead atoms. The Morgan fingerprint density at radius 2 is 1.86 bits per heavy atom. The number of pyridine rings is 1. The van der Waals surface area contributed by atoms with Gasteiger partial charge in [0.25, 0.3) is 5.56 Å². The van der Waals surface area contributed by atoms with Crippen molar-refractivity contribution >= 4 is 34.5 Å². The Kier molecular flexibility index (Phi) is 6.63. The fourth-order valence-corrected chi connectivity index (χ4v) is 5.03. The van der Waals surface area contributed by atoms with E-state index in [1.54, 1.807) is 18.4 Å². The minimum atomic E-state index is -0.628. The number of hydrogen-bond acceptors (Lipinski definition) is 9. The fraction of sp³-hybridized carbons (Fsp3) is 0.480. The third kappa shape index (κ3) is 4.58. The summed E-state index contributed by atoms with van der Waals surface area (Å²) in [6.07, 6.45) is 3.79. The summed E-state index contributed by atoms with van der Waals surface area (Å²) in [5.41, 5.74) is 3.00. The maximum Gasteiger partial charge on any atom is 0.344 e. The van der Waals surface area contributed by atoms with E-state index in [2.05, 4.69) is 37.9 Å². The molecule has 2 fully saturated rings. The third-order valence-electron chi connectivity index (χ3n) is 6.83. The smallest absolute Gasteiger partial charge is 0.344 e. The summed E-state index contributed by atoms with van der Waals surface area (Å²) >= 11 is 0. The van der Waals surface area contributed by atoms with Crippen molar-refractivity contribution in [1.82, 2.24) is 25.1 Å². The van der Waals surface area contributed by atoms with Crippen LogP contribution in [0, 0.1) is 6.92 Å². The highest BCUT2D eigenvalue weighted by Crippen LogP contribution is 2.31. The third-order valence-corrected chi connectivity index (χ3v) is 6.83. The number of carbonyl (C=O) groups is 1. The van der Waals surface area contributed by atoms with Gasteiger partial charge in [-0.25, -0.2) is 4.79 Å². The van der Waals surface area contributed by atoms with Gasteiger partial charge in [0.1, 0.15) is 11.1 Å². The normalized spacial score (nSPS) is 16.6. The molecule has 0 amide bonds. The van der Waals surface area contributed by atoms with Crippen molar-refractivity contribution in [3.63, 3.8) is 0 Å². The van der Waals surface area contributed by atoms with Crippen LogP contribution < -0.4 is 21.1 Å². The van der Waals surface area contributed by atoms with Gasteiger partial charge in [0.15, 0.2) is 5.65 Å². The molecule has 1 aliphatic heterocycles. The molecule has 0 unspecified atom stereocenters. The minimum absolute atomic E-state index is 0.0200. The predicted molar refractivity (Wildman–Crippen MR) is 135 cm³/mol. The molecular weight excluding hydrogens is 446 g/mol. The van der Waals surface area contributed by atoms with Gasteiger partial charge in [-0.1, -0.05) is 12.8 Å². The van der Waals surface area contributed by atoms with Crippen LogP contribution >= 0.6 is 0 Å². The summed E-state index contributed by atoms with van der Waals surface area (Å²) in [6, 6.07) is 8.11. The standard InChI is InChI=1S/C25H31N7O3/c1-3-35-24(34)20-16(2)21-22(32(23(20)33)19-6-4-5-7-19)28-25(30-29-21)27-17-8-10-18(11-9-17)31-14-12-26-13-15-31/h8-11,19,26H,3-7,12-15H2,1-2H3,(H,27,28,30). The Labute approximate surface area is 203 Å². The van der Waals surface area contributed by atoms with E-state index in [0.29, 0.717) is 22.7 Å². The van der Waals surface area contributed by atoms with Gasteiger partial charge in [0, 0.05) is 49.2 Å². The second-order valence-electron chi connectivity index (χ2n) is 9.05. The lowest BCUT2D eigenvalue weighted by molar-refractivity contribution is 0.0522. The number of hydrogen-bond donors (Lipinski definition) is 2. The van der Waals surface area contributed by atoms with Gasteiger partial charge in [0.2, 0.25) is 5.95 Å². The fourth-order valence-electron chi connectivity index (χ4n) is 5.03. The largest absolute Gasteiger partial charge is 0.462 e. The van der Waals surface area contributed by atoms with Gasteiger partial charge >= 0.3 is 5.97 Å². The molecule has 3 heterocycles. The molecule has 2 aromatic heterocycles. The van der Waals surface area contributed by atoms with Crippen LogP contribution in [0.2, 0.25) is 0 Å². The van der Waals surface area contributed by atoms with E-state index in [0.717, 1.165) is 57.5 Å². The number of rotatable bonds is 6. The number of aromatic nitrogens is 4.